The van der Waals surface area contributed by atoms with E-state index in [1.165, 1.54) is 0 Å². The lowest BCUT2D eigenvalue weighted by atomic mass is 9.96. The van der Waals surface area contributed by atoms with Crippen molar-refractivity contribution in [1.29, 1.82) is 0 Å². The second kappa shape index (κ2) is 7.44. The summed E-state index contributed by atoms with van der Waals surface area (Å²) in [5.41, 5.74) is 1.78. The molecule has 0 bridgehead atoms. The molecule has 3 aromatic rings. The number of carbonyl (C=O) groups excluding carboxylic acids is 4. The highest BCUT2D eigenvalue weighted by molar-refractivity contribution is 6.22. The maximum absolute atomic E-state index is 12.0. The summed E-state index contributed by atoms with van der Waals surface area (Å²) in [5, 5.41) is 10.6. The van der Waals surface area contributed by atoms with Gasteiger partial charge in [-0.1, -0.05) is 20.8 Å². The van der Waals surface area contributed by atoms with Crippen molar-refractivity contribution in [2.75, 3.05) is 10.6 Å². The fourth-order valence-corrected chi connectivity index (χ4v) is 3.57. The topological polar surface area (TPSA) is 155 Å². The first-order chi connectivity index (χ1) is 16.1. The molecule has 11 nitrogen and oxygen atoms in total. The molecule has 2 aliphatic heterocycles. The number of aromatic nitrogens is 3. The Morgan fingerprint density at radius 3 is 1.44 bits per heavy atom. The van der Waals surface area contributed by atoms with E-state index >= 15 is 0 Å². The number of benzene rings is 2. The zero-order valence-corrected chi connectivity index (χ0v) is 18.4. The second-order valence-corrected chi connectivity index (χ2v) is 8.89. The van der Waals surface area contributed by atoms with E-state index in [-0.39, 0.29) is 23.0 Å². The number of anilines is 4. The summed E-state index contributed by atoms with van der Waals surface area (Å²) in [5.74, 6) is -0.846. The van der Waals surface area contributed by atoms with E-state index in [1.807, 2.05) is 20.8 Å². The summed E-state index contributed by atoms with van der Waals surface area (Å²) in [6, 6.07) is 9.53. The van der Waals surface area contributed by atoms with Crippen LogP contribution in [0.15, 0.2) is 36.4 Å². The Hall–Kier alpha value is -4.67. The van der Waals surface area contributed by atoms with E-state index in [1.54, 1.807) is 36.4 Å². The molecule has 34 heavy (non-hydrogen) atoms. The van der Waals surface area contributed by atoms with E-state index in [2.05, 4.69) is 36.2 Å². The van der Waals surface area contributed by atoms with Crippen LogP contribution in [0.25, 0.3) is 0 Å². The zero-order chi connectivity index (χ0) is 24.2. The third-order valence-corrected chi connectivity index (χ3v) is 5.29. The molecule has 11 heteroatoms. The molecule has 4 N–H and O–H groups in total. The number of hydrogen-bond acceptors (Lipinski definition) is 9. The van der Waals surface area contributed by atoms with E-state index in [0.29, 0.717) is 28.3 Å². The van der Waals surface area contributed by atoms with Crippen LogP contribution in [0.1, 0.15) is 68.0 Å². The highest BCUT2D eigenvalue weighted by Crippen LogP contribution is 2.27. The van der Waals surface area contributed by atoms with E-state index in [4.69, 9.17) is 0 Å². The maximum Gasteiger partial charge on any atom is 0.259 e. The van der Waals surface area contributed by atoms with Gasteiger partial charge in [0.2, 0.25) is 11.9 Å². The van der Waals surface area contributed by atoms with Crippen LogP contribution in [0.4, 0.5) is 23.3 Å². The molecular formula is C23H19N7O4. The van der Waals surface area contributed by atoms with Crippen LogP contribution in [0, 0.1) is 0 Å². The molecule has 0 spiro atoms. The molecule has 0 radical (unpaired) electrons. The Kier molecular flexibility index (Phi) is 4.64. The summed E-state index contributed by atoms with van der Waals surface area (Å²) in [6.07, 6.45) is 0. The van der Waals surface area contributed by atoms with Gasteiger partial charge in [0, 0.05) is 16.8 Å². The van der Waals surface area contributed by atoms with E-state index < -0.39 is 29.0 Å². The Morgan fingerprint density at radius 1 is 0.618 bits per heavy atom. The normalized spacial score (nSPS) is 14.4. The van der Waals surface area contributed by atoms with Gasteiger partial charge in [-0.3, -0.25) is 29.8 Å². The molecule has 170 valence electrons. The zero-order valence-electron chi connectivity index (χ0n) is 18.4. The SMILES string of the molecule is CC(C)(C)c1nc(Nc2ccc3c(c2)C(=O)NC3=O)nc(Nc2ccc3c(c2)C(=O)NC3=O)n1. The van der Waals surface area contributed by atoms with Crippen LogP contribution in [0.3, 0.4) is 0 Å². The Bertz CT molecular complexity index is 1330. The quantitative estimate of drug-likeness (QED) is 0.432. The number of nitrogens with zero attached hydrogens (tertiary/aromatic N) is 3. The number of amides is 4. The van der Waals surface area contributed by atoms with Crippen molar-refractivity contribution in [2.45, 2.75) is 26.2 Å². The highest BCUT2D eigenvalue weighted by atomic mass is 16.2. The lowest BCUT2D eigenvalue weighted by Gasteiger charge is -2.19. The predicted octanol–water partition coefficient (Wildman–Crippen LogP) is 2.42. The lowest BCUT2D eigenvalue weighted by Crippen LogP contribution is -2.20. The molecule has 5 rings (SSSR count). The first kappa shape index (κ1) is 21.2. The van der Waals surface area contributed by atoms with Gasteiger partial charge < -0.3 is 10.6 Å². The number of rotatable bonds is 4. The number of imide groups is 2. The van der Waals surface area contributed by atoms with Gasteiger partial charge in [0.1, 0.15) is 5.82 Å². The molecule has 0 saturated heterocycles. The van der Waals surface area contributed by atoms with Gasteiger partial charge in [-0.25, -0.2) is 0 Å². The van der Waals surface area contributed by atoms with Gasteiger partial charge in [-0.05, 0) is 36.4 Å². The molecule has 0 aliphatic carbocycles. The van der Waals surface area contributed by atoms with E-state index in [9.17, 15) is 19.2 Å². The Balaban J connectivity index is 1.48. The smallest absolute Gasteiger partial charge is 0.259 e. The largest absolute Gasteiger partial charge is 0.324 e. The first-order valence-electron chi connectivity index (χ1n) is 10.4. The predicted molar refractivity (Wildman–Crippen MR) is 122 cm³/mol. The molecule has 0 unspecified atom stereocenters. The van der Waals surface area contributed by atoms with Crippen LogP contribution in [-0.4, -0.2) is 38.6 Å². The number of carbonyl (C=O) groups is 4. The molecule has 1 aromatic heterocycles. The second-order valence-electron chi connectivity index (χ2n) is 8.89. The number of nitrogens with one attached hydrogen (secondary N) is 4. The van der Waals surface area contributed by atoms with Crippen molar-refractivity contribution in [3.63, 3.8) is 0 Å². The minimum atomic E-state index is -0.462. The van der Waals surface area contributed by atoms with Crippen LogP contribution < -0.4 is 21.3 Å². The van der Waals surface area contributed by atoms with Crippen LogP contribution in [0.5, 0.6) is 0 Å². The minimum Gasteiger partial charge on any atom is -0.324 e. The van der Waals surface area contributed by atoms with Gasteiger partial charge in [-0.15, -0.1) is 0 Å². The van der Waals surface area contributed by atoms with Gasteiger partial charge in [0.15, 0.2) is 0 Å². The fraction of sp³-hybridized carbons (Fsp3) is 0.174. The minimum absolute atomic E-state index is 0.223. The van der Waals surface area contributed by atoms with Crippen molar-refractivity contribution in [3.05, 3.63) is 64.5 Å². The Morgan fingerprint density at radius 2 is 1.03 bits per heavy atom. The van der Waals surface area contributed by atoms with Gasteiger partial charge in [0.25, 0.3) is 23.6 Å². The molecule has 4 amide bonds. The van der Waals surface area contributed by atoms with Crippen molar-refractivity contribution in [2.24, 2.45) is 0 Å². The summed E-state index contributed by atoms with van der Waals surface area (Å²) in [7, 11) is 0. The molecular weight excluding hydrogens is 438 g/mol. The van der Waals surface area contributed by atoms with Crippen molar-refractivity contribution in [1.82, 2.24) is 25.6 Å². The van der Waals surface area contributed by atoms with Crippen molar-refractivity contribution < 1.29 is 19.2 Å². The standard InChI is InChI=1S/C23H19N7O4/c1-23(2,3)20-28-21(24-10-4-6-12-14(8-10)18(33)26-16(12)31)30-22(29-20)25-11-5-7-13-15(9-11)19(34)27-17(13)32/h4-9H,1-3H3,(H,26,31,33)(H,27,32,34)(H2,24,25,28,29,30). The molecule has 0 atom stereocenters. The third kappa shape index (κ3) is 3.72. The summed E-state index contributed by atoms with van der Waals surface area (Å²) >= 11 is 0. The fourth-order valence-electron chi connectivity index (χ4n) is 3.57. The molecule has 2 aromatic carbocycles. The molecule has 2 aliphatic rings. The highest BCUT2D eigenvalue weighted by Gasteiger charge is 2.28. The van der Waals surface area contributed by atoms with Crippen molar-refractivity contribution in [3.8, 4) is 0 Å². The summed E-state index contributed by atoms with van der Waals surface area (Å²) < 4.78 is 0. The third-order valence-electron chi connectivity index (χ3n) is 5.29. The van der Waals surface area contributed by atoms with Crippen molar-refractivity contribution >= 4 is 46.9 Å². The summed E-state index contributed by atoms with van der Waals surface area (Å²) in [6.45, 7) is 5.85. The van der Waals surface area contributed by atoms with Gasteiger partial charge in [0.05, 0.1) is 22.3 Å². The van der Waals surface area contributed by atoms with E-state index in [0.717, 1.165) is 0 Å². The molecule has 0 saturated carbocycles. The lowest BCUT2D eigenvalue weighted by molar-refractivity contribution is 0.0863. The average molecular weight is 457 g/mol. The molecule has 3 heterocycles. The average Bonchev–Trinajstić information content (AvgIpc) is 3.21. The maximum atomic E-state index is 12.0. The number of hydrogen-bond donors (Lipinski definition) is 4. The van der Waals surface area contributed by atoms with Crippen LogP contribution in [0.2, 0.25) is 0 Å². The Labute approximate surface area is 193 Å². The van der Waals surface area contributed by atoms with Gasteiger partial charge in [-0.2, -0.15) is 15.0 Å². The first-order valence-corrected chi connectivity index (χ1v) is 10.4. The monoisotopic (exact) mass is 457 g/mol. The number of fused-ring (bicyclic) bond motifs is 2. The van der Waals surface area contributed by atoms with Crippen LogP contribution in [-0.2, 0) is 5.41 Å². The summed E-state index contributed by atoms with van der Waals surface area (Å²) in [4.78, 5) is 61.0. The van der Waals surface area contributed by atoms with Crippen LogP contribution >= 0.6 is 0 Å². The van der Waals surface area contributed by atoms with Gasteiger partial charge >= 0.3 is 0 Å². The molecule has 0 fully saturated rings.